The van der Waals surface area contributed by atoms with Crippen LogP contribution in [0.5, 0.6) is 0 Å². The number of hydrogen-bond acceptors (Lipinski definition) is 3. The van der Waals surface area contributed by atoms with Gasteiger partial charge in [-0.15, -0.1) is 0 Å². The fourth-order valence-electron chi connectivity index (χ4n) is 3.89. The van der Waals surface area contributed by atoms with Crippen LogP contribution in [0, 0.1) is 0 Å². The third-order valence-electron chi connectivity index (χ3n) is 5.20. The number of aromatic nitrogens is 1. The summed E-state index contributed by atoms with van der Waals surface area (Å²) >= 11 is 0. The first-order valence-electron chi connectivity index (χ1n) is 8.72. The molecule has 0 fully saturated rings. The molecule has 5 rings (SSSR count). The molecule has 5 aromatic rings. The number of carbonyl (C=O) groups is 1. The van der Waals surface area contributed by atoms with E-state index in [2.05, 4.69) is 4.98 Å². The van der Waals surface area contributed by atoms with Crippen molar-refractivity contribution >= 4 is 49.1 Å². The number of aromatic carboxylic acids is 1. The molecule has 0 atom stereocenters. The molecule has 0 spiro atoms. The van der Waals surface area contributed by atoms with Gasteiger partial charge in [-0.05, 0) is 50.5 Å². The Morgan fingerprint density at radius 2 is 1.32 bits per heavy atom. The summed E-state index contributed by atoms with van der Waals surface area (Å²) in [6, 6.07) is 17.5. The van der Waals surface area contributed by atoms with Gasteiger partial charge >= 0.3 is 5.97 Å². The summed E-state index contributed by atoms with van der Waals surface area (Å²) in [4.78, 5) is 38.8. The number of fused-ring (bicyclic) bond motifs is 7. The van der Waals surface area contributed by atoms with Crippen molar-refractivity contribution in [2.75, 3.05) is 0 Å². The maximum atomic E-state index is 12.6. The molecular weight excluding hydrogens is 354 g/mol. The van der Waals surface area contributed by atoms with E-state index in [4.69, 9.17) is 0 Å². The average molecular weight is 367 g/mol. The Morgan fingerprint density at radius 3 is 2.11 bits per heavy atom. The third kappa shape index (κ3) is 2.23. The van der Waals surface area contributed by atoms with Gasteiger partial charge in [0.05, 0.1) is 10.9 Å². The van der Waals surface area contributed by atoms with E-state index in [0.29, 0.717) is 16.2 Å². The van der Waals surface area contributed by atoms with Gasteiger partial charge in [-0.2, -0.15) is 0 Å². The van der Waals surface area contributed by atoms with Crippen LogP contribution in [0.15, 0.2) is 76.4 Å². The van der Waals surface area contributed by atoms with Crippen molar-refractivity contribution in [2.24, 2.45) is 0 Å². The highest BCUT2D eigenvalue weighted by Crippen LogP contribution is 2.33. The van der Waals surface area contributed by atoms with E-state index < -0.39 is 5.97 Å². The number of aromatic amines is 1. The predicted molar refractivity (Wildman–Crippen MR) is 110 cm³/mol. The Hall–Kier alpha value is -3.99. The Kier molecular flexibility index (Phi) is 3.33. The lowest BCUT2D eigenvalue weighted by molar-refractivity contribution is 0.0697. The molecule has 0 amide bonds. The van der Waals surface area contributed by atoms with E-state index in [1.54, 1.807) is 24.3 Å². The molecule has 5 heteroatoms. The highest BCUT2D eigenvalue weighted by Gasteiger charge is 2.11. The second kappa shape index (κ2) is 5.76. The predicted octanol–water partition coefficient (Wildman–Crippen LogP) is 4.05. The zero-order valence-corrected chi connectivity index (χ0v) is 14.5. The molecule has 1 heterocycles. The van der Waals surface area contributed by atoms with E-state index in [9.17, 15) is 19.5 Å². The lowest BCUT2D eigenvalue weighted by Gasteiger charge is -2.09. The number of H-pyrrole nitrogens is 1. The van der Waals surface area contributed by atoms with Gasteiger partial charge in [0.25, 0.3) is 5.56 Å². The molecule has 0 aliphatic carbocycles. The van der Waals surface area contributed by atoms with Crippen LogP contribution >= 0.6 is 0 Å². The number of hydrogen-bond donors (Lipinski definition) is 2. The summed E-state index contributed by atoms with van der Waals surface area (Å²) < 4.78 is 0. The maximum absolute atomic E-state index is 12.6. The Labute approximate surface area is 157 Å². The summed E-state index contributed by atoms with van der Waals surface area (Å²) in [5.74, 6) is -0.978. The third-order valence-corrected chi connectivity index (χ3v) is 5.20. The van der Waals surface area contributed by atoms with Crippen molar-refractivity contribution in [3.63, 3.8) is 0 Å². The van der Waals surface area contributed by atoms with Crippen LogP contribution in [-0.2, 0) is 0 Å². The molecule has 134 valence electrons. The summed E-state index contributed by atoms with van der Waals surface area (Å²) in [5.41, 5.74) is -0.324. The molecular formula is C23H13NO4. The second-order valence-corrected chi connectivity index (χ2v) is 6.72. The van der Waals surface area contributed by atoms with Crippen molar-refractivity contribution in [2.45, 2.75) is 0 Å². The summed E-state index contributed by atoms with van der Waals surface area (Å²) in [6.45, 7) is 0. The molecule has 28 heavy (non-hydrogen) atoms. The van der Waals surface area contributed by atoms with Gasteiger partial charge in [0.15, 0.2) is 5.43 Å². The van der Waals surface area contributed by atoms with Gasteiger partial charge < -0.3 is 10.1 Å². The van der Waals surface area contributed by atoms with Gasteiger partial charge in [0.2, 0.25) is 0 Å². The van der Waals surface area contributed by atoms with Crippen LogP contribution in [0.4, 0.5) is 0 Å². The van der Waals surface area contributed by atoms with E-state index >= 15 is 0 Å². The minimum absolute atomic E-state index is 0.221. The standard InChI is InChI=1S/C23H13NO4/c25-20-9-10-24-22(26)18-8-6-15-14-4-3-12-1-2-13(23(27)28)11-19(12)16(14)5-7-17(15)21(18)20/h1-11H,(H,24,26)(H,27,28). The number of nitrogens with one attached hydrogen (secondary N) is 1. The molecule has 0 aliphatic heterocycles. The van der Waals surface area contributed by atoms with E-state index in [1.165, 1.54) is 12.3 Å². The molecule has 0 bridgehead atoms. The Bertz CT molecular complexity index is 1580. The Balaban J connectivity index is 2.01. The number of benzene rings is 4. The highest BCUT2D eigenvalue weighted by molar-refractivity contribution is 6.22. The minimum atomic E-state index is -0.978. The van der Waals surface area contributed by atoms with Gasteiger partial charge in [0.1, 0.15) is 0 Å². The van der Waals surface area contributed by atoms with Gasteiger partial charge in [-0.25, -0.2) is 4.79 Å². The molecule has 1 aromatic heterocycles. The summed E-state index contributed by atoms with van der Waals surface area (Å²) in [7, 11) is 0. The van der Waals surface area contributed by atoms with E-state index in [0.717, 1.165) is 26.9 Å². The fraction of sp³-hybridized carbons (Fsp3) is 0. The van der Waals surface area contributed by atoms with Crippen LogP contribution < -0.4 is 11.0 Å². The smallest absolute Gasteiger partial charge is 0.335 e. The number of carboxylic acid groups (broad SMARTS) is 1. The first-order chi connectivity index (χ1) is 13.5. The second-order valence-electron chi connectivity index (χ2n) is 6.72. The van der Waals surface area contributed by atoms with Gasteiger partial charge in [-0.1, -0.05) is 36.4 Å². The molecule has 0 aliphatic rings. The normalized spacial score (nSPS) is 11.4. The lowest BCUT2D eigenvalue weighted by atomic mass is 9.94. The molecule has 2 N–H and O–H groups in total. The van der Waals surface area contributed by atoms with Crippen molar-refractivity contribution in [1.82, 2.24) is 4.98 Å². The zero-order valence-electron chi connectivity index (χ0n) is 14.5. The molecule has 5 nitrogen and oxygen atoms in total. The van der Waals surface area contributed by atoms with Crippen molar-refractivity contribution in [3.8, 4) is 0 Å². The molecule has 0 unspecified atom stereocenters. The zero-order chi connectivity index (χ0) is 19.4. The molecule has 0 radical (unpaired) electrons. The van der Waals surface area contributed by atoms with Crippen molar-refractivity contribution < 1.29 is 9.90 Å². The van der Waals surface area contributed by atoms with Crippen LogP contribution in [-0.4, -0.2) is 16.1 Å². The minimum Gasteiger partial charge on any atom is -0.478 e. The van der Waals surface area contributed by atoms with Gasteiger partial charge in [-0.3, -0.25) is 9.59 Å². The number of carboxylic acids is 1. The topological polar surface area (TPSA) is 87.2 Å². The summed E-state index contributed by atoms with van der Waals surface area (Å²) in [6.07, 6.45) is 1.36. The van der Waals surface area contributed by atoms with E-state index in [1.807, 2.05) is 30.3 Å². The van der Waals surface area contributed by atoms with Crippen molar-refractivity contribution in [1.29, 1.82) is 0 Å². The molecule has 0 saturated heterocycles. The van der Waals surface area contributed by atoms with Crippen LogP contribution in [0.2, 0.25) is 0 Å². The van der Waals surface area contributed by atoms with Crippen LogP contribution in [0.1, 0.15) is 10.4 Å². The first kappa shape index (κ1) is 16.2. The maximum Gasteiger partial charge on any atom is 0.335 e. The van der Waals surface area contributed by atoms with Crippen LogP contribution in [0.25, 0.3) is 43.1 Å². The fourth-order valence-corrected chi connectivity index (χ4v) is 3.89. The average Bonchev–Trinajstić information content (AvgIpc) is 2.85. The quantitative estimate of drug-likeness (QED) is 0.438. The lowest BCUT2D eigenvalue weighted by Crippen LogP contribution is -2.03. The van der Waals surface area contributed by atoms with Crippen molar-refractivity contribution in [3.05, 3.63) is 93.0 Å². The molecule has 4 aromatic carbocycles. The van der Waals surface area contributed by atoms with Gasteiger partial charge in [0, 0.05) is 17.6 Å². The van der Waals surface area contributed by atoms with E-state index in [-0.39, 0.29) is 16.6 Å². The van der Waals surface area contributed by atoms with Crippen LogP contribution in [0.3, 0.4) is 0 Å². The summed E-state index contributed by atoms with van der Waals surface area (Å²) in [5, 5.41) is 15.1. The molecule has 0 saturated carbocycles. The monoisotopic (exact) mass is 367 g/mol. The first-order valence-corrected chi connectivity index (χ1v) is 8.72. The largest absolute Gasteiger partial charge is 0.478 e. The number of rotatable bonds is 1. The SMILES string of the molecule is O=C(O)c1ccc2ccc3c(ccc4c3ccc3c(=O)[nH]ccc(=O)c34)c2c1. The Morgan fingerprint density at radius 1 is 0.714 bits per heavy atom. The highest BCUT2D eigenvalue weighted by atomic mass is 16.4.